The van der Waals surface area contributed by atoms with Crippen LogP contribution in [0.2, 0.25) is 0 Å². The Morgan fingerprint density at radius 2 is 1.88 bits per heavy atom. The first-order chi connectivity index (χ1) is 11.7. The molecule has 6 heteroatoms. The van der Waals surface area contributed by atoms with E-state index in [1.165, 1.54) is 0 Å². The summed E-state index contributed by atoms with van der Waals surface area (Å²) in [5.74, 6) is 0.137. The van der Waals surface area contributed by atoms with Gasteiger partial charge in [-0.1, -0.05) is 30.3 Å². The van der Waals surface area contributed by atoms with Gasteiger partial charge in [0, 0.05) is 39.3 Å². The molecule has 0 bridgehead atoms. The number of piperazine rings is 1. The van der Waals surface area contributed by atoms with E-state index in [0.29, 0.717) is 32.8 Å². The quantitative estimate of drug-likeness (QED) is 0.859. The fourth-order valence-corrected chi connectivity index (χ4v) is 3.16. The van der Waals surface area contributed by atoms with Crippen LogP contribution in [-0.4, -0.2) is 67.0 Å². The molecular formula is C18H25N3O3. The lowest BCUT2D eigenvalue weighted by Crippen LogP contribution is -2.53. The van der Waals surface area contributed by atoms with Crippen LogP contribution < -0.4 is 5.32 Å². The van der Waals surface area contributed by atoms with Gasteiger partial charge in [-0.2, -0.15) is 0 Å². The molecule has 3 rings (SSSR count). The number of carbonyl (C=O) groups is 2. The molecule has 0 radical (unpaired) electrons. The second-order valence-corrected chi connectivity index (χ2v) is 6.37. The van der Waals surface area contributed by atoms with Crippen LogP contribution in [0.4, 0.5) is 0 Å². The van der Waals surface area contributed by atoms with Crippen molar-refractivity contribution in [1.29, 1.82) is 0 Å². The largest absolute Gasteiger partial charge is 0.368 e. The Morgan fingerprint density at radius 1 is 1.12 bits per heavy atom. The fourth-order valence-electron chi connectivity index (χ4n) is 3.16. The Hall–Kier alpha value is -1.92. The molecule has 0 unspecified atom stereocenters. The zero-order valence-electron chi connectivity index (χ0n) is 13.9. The van der Waals surface area contributed by atoms with Gasteiger partial charge in [-0.05, 0) is 18.4 Å². The zero-order valence-corrected chi connectivity index (χ0v) is 13.9. The predicted molar refractivity (Wildman–Crippen MR) is 90.3 cm³/mol. The van der Waals surface area contributed by atoms with Crippen molar-refractivity contribution in [2.75, 3.05) is 39.3 Å². The number of benzene rings is 1. The highest BCUT2D eigenvalue weighted by Crippen LogP contribution is 2.15. The Bertz CT molecular complexity index is 550. The van der Waals surface area contributed by atoms with Gasteiger partial charge in [0.1, 0.15) is 6.10 Å². The van der Waals surface area contributed by atoms with Gasteiger partial charge in [0.2, 0.25) is 5.91 Å². The van der Waals surface area contributed by atoms with Gasteiger partial charge in [0.25, 0.3) is 5.91 Å². The summed E-state index contributed by atoms with van der Waals surface area (Å²) in [6, 6.07) is 9.88. The maximum atomic E-state index is 12.3. The molecule has 2 heterocycles. The first-order valence-electron chi connectivity index (χ1n) is 8.66. The molecule has 1 aromatic rings. The lowest BCUT2D eigenvalue weighted by Gasteiger charge is -2.35. The molecule has 0 saturated carbocycles. The van der Waals surface area contributed by atoms with E-state index in [9.17, 15) is 9.59 Å². The van der Waals surface area contributed by atoms with Crippen molar-refractivity contribution in [2.24, 2.45) is 0 Å². The highest BCUT2D eigenvalue weighted by Gasteiger charge is 2.30. The van der Waals surface area contributed by atoms with Crippen LogP contribution in [0.3, 0.4) is 0 Å². The molecule has 2 fully saturated rings. The van der Waals surface area contributed by atoms with Gasteiger partial charge in [0.15, 0.2) is 0 Å². The maximum absolute atomic E-state index is 12.3. The first kappa shape index (κ1) is 16.9. The summed E-state index contributed by atoms with van der Waals surface area (Å²) in [6.45, 7) is 4.44. The minimum Gasteiger partial charge on any atom is -0.368 e. The molecule has 0 aliphatic carbocycles. The molecular weight excluding hydrogens is 306 g/mol. The topological polar surface area (TPSA) is 61.9 Å². The van der Waals surface area contributed by atoms with Gasteiger partial charge >= 0.3 is 0 Å². The van der Waals surface area contributed by atoms with Crippen molar-refractivity contribution >= 4 is 11.8 Å². The second kappa shape index (κ2) is 8.26. The van der Waals surface area contributed by atoms with Crippen LogP contribution >= 0.6 is 0 Å². The third-order valence-corrected chi connectivity index (χ3v) is 4.59. The molecule has 130 valence electrons. The molecule has 2 amide bonds. The Kier molecular flexibility index (Phi) is 5.82. The molecule has 2 aliphatic rings. The minimum absolute atomic E-state index is 0.0257. The lowest BCUT2D eigenvalue weighted by atomic mass is 10.2. The average molecular weight is 331 g/mol. The second-order valence-electron chi connectivity index (χ2n) is 6.37. The number of hydrogen-bond donors (Lipinski definition) is 1. The smallest absolute Gasteiger partial charge is 0.251 e. The van der Waals surface area contributed by atoms with Crippen LogP contribution in [0.25, 0.3) is 0 Å². The van der Waals surface area contributed by atoms with Crippen LogP contribution in [0, 0.1) is 0 Å². The Balaban J connectivity index is 1.37. The SMILES string of the molecule is O=C(CN1CCN(C(=O)[C@@H]2CCCO2)CC1)NCc1ccccc1. The summed E-state index contributed by atoms with van der Waals surface area (Å²) in [6.07, 6.45) is 1.56. The molecule has 24 heavy (non-hydrogen) atoms. The summed E-state index contributed by atoms with van der Waals surface area (Å²) in [5, 5.41) is 2.94. The number of amides is 2. The van der Waals surface area contributed by atoms with Gasteiger partial charge < -0.3 is 15.0 Å². The molecule has 0 spiro atoms. The fraction of sp³-hybridized carbons (Fsp3) is 0.556. The lowest BCUT2D eigenvalue weighted by molar-refractivity contribution is -0.142. The molecule has 1 atom stereocenters. The summed E-state index contributed by atoms with van der Waals surface area (Å²) in [4.78, 5) is 28.3. The Labute approximate surface area is 142 Å². The Morgan fingerprint density at radius 3 is 2.54 bits per heavy atom. The van der Waals surface area contributed by atoms with Gasteiger partial charge in [-0.15, -0.1) is 0 Å². The molecule has 2 aliphatic heterocycles. The van der Waals surface area contributed by atoms with E-state index in [2.05, 4.69) is 10.2 Å². The molecule has 1 aromatic carbocycles. The summed E-state index contributed by atoms with van der Waals surface area (Å²) in [5.41, 5.74) is 1.10. The highest BCUT2D eigenvalue weighted by atomic mass is 16.5. The average Bonchev–Trinajstić information content (AvgIpc) is 3.16. The van der Waals surface area contributed by atoms with E-state index in [1.807, 2.05) is 35.2 Å². The minimum atomic E-state index is -0.245. The predicted octanol–water partition coefficient (Wildman–Crippen LogP) is 0.626. The number of nitrogens with one attached hydrogen (secondary N) is 1. The van der Waals surface area contributed by atoms with E-state index < -0.39 is 0 Å². The van der Waals surface area contributed by atoms with Gasteiger partial charge in [0.05, 0.1) is 6.54 Å². The summed E-state index contributed by atoms with van der Waals surface area (Å²) >= 11 is 0. The third-order valence-electron chi connectivity index (χ3n) is 4.59. The van der Waals surface area contributed by atoms with Crippen molar-refractivity contribution < 1.29 is 14.3 Å². The normalized spacial score (nSPS) is 21.7. The van der Waals surface area contributed by atoms with Crippen molar-refractivity contribution in [1.82, 2.24) is 15.1 Å². The number of rotatable bonds is 5. The van der Waals surface area contributed by atoms with Crippen LogP contribution in [0.15, 0.2) is 30.3 Å². The van der Waals surface area contributed by atoms with Crippen molar-refractivity contribution in [3.63, 3.8) is 0 Å². The number of carbonyl (C=O) groups excluding carboxylic acids is 2. The van der Waals surface area contributed by atoms with Crippen LogP contribution in [-0.2, 0) is 20.9 Å². The van der Waals surface area contributed by atoms with E-state index in [1.54, 1.807) is 0 Å². The third kappa shape index (κ3) is 4.55. The standard InChI is InChI=1S/C18H25N3O3/c22-17(19-13-15-5-2-1-3-6-15)14-20-8-10-21(11-9-20)18(23)16-7-4-12-24-16/h1-3,5-6,16H,4,7-14H2,(H,19,22)/t16-/m0/s1. The van der Waals surface area contributed by atoms with Crippen LogP contribution in [0.1, 0.15) is 18.4 Å². The van der Waals surface area contributed by atoms with Gasteiger partial charge in [-0.25, -0.2) is 0 Å². The molecule has 0 aromatic heterocycles. The number of nitrogens with zero attached hydrogens (tertiary/aromatic N) is 2. The highest BCUT2D eigenvalue weighted by molar-refractivity contribution is 5.81. The summed E-state index contributed by atoms with van der Waals surface area (Å²) in [7, 11) is 0. The van der Waals surface area contributed by atoms with Crippen molar-refractivity contribution in [3.8, 4) is 0 Å². The summed E-state index contributed by atoms with van der Waals surface area (Å²) < 4.78 is 5.46. The monoisotopic (exact) mass is 331 g/mol. The van der Waals surface area contributed by atoms with E-state index in [-0.39, 0.29) is 17.9 Å². The maximum Gasteiger partial charge on any atom is 0.251 e. The van der Waals surface area contributed by atoms with E-state index in [4.69, 9.17) is 4.74 Å². The van der Waals surface area contributed by atoms with Crippen molar-refractivity contribution in [2.45, 2.75) is 25.5 Å². The first-order valence-corrected chi connectivity index (χ1v) is 8.66. The number of hydrogen-bond acceptors (Lipinski definition) is 4. The van der Waals surface area contributed by atoms with E-state index >= 15 is 0 Å². The zero-order chi connectivity index (χ0) is 16.8. The van der Waals surface area contributed by atoms with Gasteiger partial charge in [-0.3, -0.25) is 14.5 Å². The number of ether oxygens (including phenoxy) is 1. The molecule has 1 N–H and O–H groups in total. The van der Waals surface area contributed by atoms with E-state index in [0.717, 1.165) is 31.5 Å². The van der Waals surface area contributed by atoms with Crippen molar-refractivity contribution in [3.05, 3.63) is 35.9 Å². The van der Waals surface area contributed by atoms with Crippen LogP contribution in [0.5, 0.6) is 0 Å². The molecule has 6 nitrogen and oxygen atoms in total. The molecule has 2 saturated heterocycles.